The molecular weight excluding hydrogens is 264 g/mol. The minimum Gasteiger partial charge on any atom is -0.404 e. The van der Waals surface area contributed by atoms with E-state index in [0.29, 0.717) is 17.3 Å². The van der Waals surface area contributed by atoms with Crippen LogP contribution >= 0.6 is 11.6 Å². The Labute approximate surface area is 118 Å². The van der Waals surface area contributed by atoms with Crippen LogP contribution in [0.1, 0.15) is 33.6 Å². The van der Waals surface area contributed by atoms with E-state index < -0.39 is 12.4 Å². The number of hydrogen-bond donors (Lipinski definition) is 0. The first-order chi connectivity index (χ1) is 8.88. The fraction of sp³-hybridized carbons (Fsp3) is 1.00. The summed E-state index contributed by atoms with van der Waals surface area (Å²) in [5, 5.41) is 3.09. The predicted octanol–water partition coefficient (Wildman–Crippen LogP) is 3.17. The maximum absolute atomic E-state index is 8.35. The molecule has 3 aliphatic carbocycles. The molecule has 104 valence electrons. The average molecular weight is 284 g/mol. The molecule has 0 N–H and O–H groups in total. The summed E-state index contributed by atoms with van der Waals surface area (Å²) in [7, 11) is -0.461. The summed E-state index contributed by atoms with van der Waals surface area (Å²) in [4.78, 5) is 2.73. The molecule has 4 fully saturated rings. The fourth-order valence-corrected chi connectivity index (χ4v) is 4.27. The van der Waals surface area contributed by atoms with Gasteiger partial charge in [0.2, 0.25) is 0 Å². The normalized spacial score (nSPS) is 44.0. The van der Waals surface area contributed by atoms with E-state index in [-0.39, 0.29) is 18.2 Å². The summed E-state index contributed by atoms with van der Waals surface area (Å²) in [6.07, 6.45) is 2.37. The number of rotatable bonds is 3. The lowest BCUT2D eigenvalue weighted by molar-refractivity contribution is -0.185. The van der Waals surface area contributed by atoms with Gasteiger partial charge in [-0.1, -0.05) is 19.0 Å². The highest BCUT2D eigenvalue weighted by atomic mass is 35.5. The van der Waals surface area contributed by atoms with E-state index >= 15 is 0 Å². The van der Waals surface area contributed by atoms with Gasteiger partial charge in [0.05, 0.1) is 17.0 Å². The molecule has 0 aromatic carbocycles. The van der Waals surface area contributed by atoms with Crippen molar-refractivity contribution in [2.45, 2.75) is 50.6 Å². The van der Waals surface area contributed by atoms with Crippen molar-refractivity contribution in [1.29, 1.82) is 0 Å². The van der Waals surface area contributed by atoms with Crippen LogP contribution in [0.25, 0.3) is 10.4 Å². The summed E-state index contributed by atoms with van der Waals surface area (Å²) in [5.41, 5.74) is 8.47. The zero-order chi connectivity index (χ0) is 13.8. The number of alkyl halides is 1. The number of hydrogen-bond acceptors (Lipinski definition) is 3. The lowest BCUT2D eigenvalue weighted by atomic mass is 9.45. The summed E-state index contributed by atoms with van der Waals surface area (Å²) < 4.78 is 12.1. The molecule has 3 saturated carbocycles. The van der Waals surface area contributed by atoms with E-state index in [4.69, 9.17) is 26.4 Å². The van der Waals surface area contributed by atoms with Crippen LogP contribution in [0.2, 0.25) is 0 Å². The monoisotopic (exact) mass is 283 g/mol. The van der Waals surface area contributed by atoms with Crippen LogP contribution in [0.5, 0.6) is 0 Å². The second-order valence-corrected chi connectivity index (χ2v) is 7.41. The summed E-state index contributed by atoms with van der Waals surface area (Å²) in [5.74, 6) is 1.26. The van der Waals surface area contributed by atoms with E-state index in [1.165, 1.54) is 6.42 Å². The topological polar surface area (TPSA) is 67.2 Å². The first-order valence-electron chi connectivity index (χ1n) is 6.86. The van der Waals surface area contributed by atoms with Gasteiger partial charge in [0.1, 0.15) is 0 Å². The maximum Gasteiger partial charge on any atom is 0.476 e. The summed E-state index contributed by atoms with van der Waals surface area (Å²) >= 11 is 6.21. The van der Waals surface area contributed by atoms with Crippen molar-refractivity contribution in [1.82, 2.24) is 0 Å². The van der Waals surface area contributed by atoms with Gasteiger partial charge in [-0.2, -0.15) is 0 Å². The van der Waals surface area contributed by atoms with E-state index in [0.717, 1.165) is 6.42 Å². The van der Waals surface area contributed by atoms with E-state index in [2.05, 4.69) is 30.8 Å². The predicted molar refractivity (Wildman–Crippen MR) is 73.8 cm³/mol. The molecule has 7 heteroatoms. The number of nitrogens with zero attached hydrogens (tertiary/aromatic N) is 3. The molecule has 0 amide bonds. The molecule has 1 aliphatic heterocycles. The van der Waals surface area contributed by atoms with Gasteiger partial charge in [-0.3, -0.25) is 0 Å². The molecule has 19 heavy (non-hydrogen) atoms. The SMILES string of the molecule is CC1(C)[C@@H]2C[C@H]1C1OB([C@@H](Cl)CN=[N+]=[N-])O[C@@]1(C)C2. The zero-order valence-electron chi connectivity index (χ0n) is 11.5. The highest BCUT2D eigenvalue weighted by molar-refractivity contribution is 6.60. The van der Waals surface area contributed by atoms with Crippen LogP contribution in [0.4, 0.5) is 0 Å². The quantitative estimate of drug-likeness (QED) is 0.262. The van der Waals surface area contributed by atoms with Gasteiger partial charge in [0.15, 0.2) is 0 Å². The van der Waals surface area contributed by atoms with Crippen molar-refractivity contribution >= 4 is 18.7 Å². The van der Waals surface area contributed by atoms with Crippen LogP contribution in [0.3, 0.4) is 0 Å². The molecule has 2 bridgehead atoms. The first-order valence-corrected chi connectivity index (χ1v) is 7.30. The standard InChI is InChI=1S/C12H19BClN3O2/c1-11(2)7-4-8(11)10-12(3,5-7)19-13(18-10)9(14)6-16-17-15/h7-10H,4-6H2,1-3H3/t7-,8+,9+,10?,12+/m1/s1. The Morgan fingerprint density at radius 1 is 1.53 bits per heavy atom. The smallest absolute Gasteiger partial charge is 0.404 e. The minimum atomic E-state index is -0.461. The summed E-state index contributed by atoms with van der Waals surface area (Å²) in [6.45, 7) is 6.97. The summed E-state index contributed by atoms with van der Waals surface area (Å²) in [6, 6.07) is 0. The largest absolute Gasteiger partial charge is 0.476 e. The van der Waals surface area contributed by atoms with E-state index in [1.807, 2.05) is 0 Å². The van der Waals surface area contributed by atoms with Crippen LogP contribution < -0.4 is 0 Å². The number of azide groups is 1. The third-order valence-corrected chi connectivity index (χ3v) is 5.79. The molecule has 0 spiro atoms. The second-order valence-electron chi connectivity index (χ2n) is 6.85. The molecule has 5 nitrogen and oxygen atoms in total. The average Bonchev–Trinajstić information content (AvgIpc) is 2.72. The van der Waals surface area contributed by atoms with Crippen molar-refractivity contribution in [3.63, 3.8) is 0 Å². The van der Waals surface area contributed by atoms with Crippen LogP contribution in [0.15, 0.2) is 5.11 Å². The molecule has 4 aliphatic rings. The fourth-order valence-electron chi connectivity index (χ4n) is 4.10. The Bertz CT molecular complexity index is 443. The first kappa shape index (κ1) is 13.6. The molecular formula is C12H19BClN3O2. The molecule has 1 heterocycles. The minimum absolute atomic E-state index is 0.116. The van der Waals surface area contributed by atoms with Gasteiger partial charge in [-0.25, -0.2) is 0 Å². The van der Waals surface area contributed by atoms with Crippen molar-refractivity contribution in [2.75, 3.05) is 6.54 Å². The Morgan fingerprint density at radius 3 is 2.89 bits per heavy atom. The molecule has 4 rings (SSSR count). The third-order valence-electron chi connectivity index (χ3n) is 5.45. The Balaban J connectivity index is 1.74. The van der Waals surface area contributed by atoms with E-state index in [9.17, 15) is 0 Å². The third kappa shape index (κ3) is 1.89. The Morgan fingerprint density at radius 2 is 2.26 bits per heavy atom. The van der Waals surface area contributed by atoms with Gasteiger partial charge >= 0.3 is 7.12 Å². The molecule has 1 saturated heterocycles. The van der Waals surface area contributed by atoms with Crippen molar-refractivity contribution in [2.24, 2.45) is 22.4 Å². The van der Waals surface area contributed by atoms with Gasteiger partial charge in [0.25, 0.3) is 0 Å². The highest BCUT2D eigenvalue weighted by Crippen LogP contribution is 2.64. The molecule has 1 unspecified atom stereocenters. The van der Waals surface area contributed by atoms with Crippen LogP contribution in [-0.4, -0.2) is 30.6 Å². The zero-order valence-corrected chi connectivity index (χ0v) is 12.3. The molecule has 0 radical (unpaired) electrons. The van der Waals surface area contributed by atoms with Gasteiger partial charge in [-0.15, -0.1) is 11.6 Å². The maximum atomic E-state index is 8.35. The lowest BCUT2D eigenvalue weighted by Gasteiger charge is -2.63. The Kier molecular flexibility index (Phi) is 3.06. The molecule has 5 atom stereocenters. The van der Waals surface area contributed by atoms with Crippen molar-refractivity contribution in [3.05, 3.63) is 10.4 Å². The van der Waals surface area contributed by atoms with E-state index in [1.54, 1.807) is 0 Å². The van der Waals surface area contributed by atoms with Gasteiger partial charge in [0, 0.05) is 11.5 Å². The van der Waals surface area contributed by atoms with Gasteiger partial charge < -0.3 is 9.31 Å². The molecule has 0 aromatic rings. The number of halogens is 1. The van der Waals surface area contributed by atoms with Gasteiger partial charge in [-0.05, 0) is 42.5 Å². The van der Waals surface area contributed by atoms with Crippen molar-refractivity contribution in [3.8, 4) is 0 Å². The van der Waals surface area contributed by atoms with Crippen LogP contribution in [-0.2, 0) is 9.31 Å². The Hall–Kier alpha value is -0.415. The highest BCUT2D eigenvalue weighted by Gasteiger charge is 2.67. The second kappa shape index (κ2) is 4.29. The van der Waals surface area contributed by atoms with Crippen LogP contribution in [0, 0.1) is 17.3 Å². The lowest BCUT2D eigenvalue weighted by Crippen LogP contribution is -2.63. The molecule has 0 aromatic heterocycles. The van der Waals surface area contributed by atoms with Crippen molar-refractivity contribution < 1.29 is 9.31 Å².